The Morgan fingerprint density at radius 3 is 2.48 bits per heavy atom. The van der Waals surface area contributed by atoms with Crippen LogP contribution in [0.2, 0.25) is 0 Å². The maximum atomic E-state index is 12.7. The summed E-state index contributed by atoms with van der Waals surface area (Å²) in [6.07, 6.45) is 2.84. The summed E-state index contributed by atoms with van der Waals surface area (Å²) in [7, 11) is -3.52. The maximum Gasteiger partial charge on any atom is 0.263 e. The summed E-state index contributed by atoms with van der Waals surface area (Å²) in [4.78, 5) is 12.7. The van der Waals surface area contributed by atoms with Gasteiger partial charge in [0, 0.05) is 11.0 Å². The number of fused-ring (bicyclic) bond motifs is 1. The monoisotopic (exact) mass is 311 g/mol. The van der Waals surface area contributed by atoms with Crippen molar-refractivity contribution in [3.8, 4) is 0 Å². The minimum atomic E-state index is -3.52. The Bertz CT molecular complexity index is 619. The standard InChI is InChI=1S/C16H25NO3S/c1-10(2)11(3)14(18)17-13-8-12-6-7-16(13,15(12,4)5)9-21(17,19)20/h10,12-13H,3,6-9H2,1-2,4-5H3/t12-,13-,16-/m1/s1. The highest BCUT2D eigenvalue weighted by Crippen LogP contribution is 2.70. The molecule has 2 aliphatic carbocycles. The van der Waals surface area contributed by atoms with Crippen LogP contribution in [0.15, 0.2) is 12.2 Å². The number of hydrogen-bond donors (Lipinski definition) is 0. The molecule has 0 aromatic carbocycles. The van der Waals surface area contributed by atoms with Crippen LogP contribution in [0.25, 0.3) is 0 Å². The highest BCUT2D eigenvalue weighted by molar-refractivity contribution is 7.90. The third-order valence-corrected chi connectivity index (χ3v) is 8.48. The molecule has 1 spiro atoms. The van der Waals surface area contributed by atoms with Crippen molar-refractivity contribution in [1.82, 2.24) is 4.31 Å². The lowest BCUT2D eigenvalue weighted by Gasteiger charge is -2.37. The molecular weight excluding hydrogens is 286 g/mol. The van der Waals surface area contributed by atoms with Crippen molar-refractivity contribution in [2.45, 2.75) is 53.0 Å². The van der Waals surface area contributed by atoms with Gasteiger partial charge in [-0.1, -0.05) is 34.3 Å². The topological polar surface area (TPSA) is 54.5 Å². The van der Waals surface area contributed by atoms with Crippen LogP contribution in [0.5, 0.6) is 0 Å². The van der Waals surface area contributed by atoms with Gasteiger partial charge in [0.2, 0.25) is 10.0 Å². The molecule has 3 atom stereocenters. The molecule has 118 valence electrons. The van der Waals surface area contributed by atoms with Crippen molar-refractivity contribution in [2.75, 3.05) is 5.75 Å². The van der Waals surface area contributed by atoms with Crippen LogP contribution in [0, 0.1) is 22.7 Å². The second kappa shape index (κ2) is 4.12. The minimum Gasteiger partial charge on any atom is -0.268 e. The van der Waals surface area contributed by atoms with E-state index in [1.165, 1.54) is 4.31 Å². The van der Waals surface area contributed by atoms with E-state index in [1.54, 1.807) is 0 Å². The summed E-state index contributed by atoms with van der Waals surface area (Å²) in [6.45, 7) is 11.9. The Morgan fingerprint density at radius 1 is 1.33 bits per heavy atom. The summed E-state index contributed by atoms with van der Waals surface area (Å²) < 4.78 is 26.6. The third kappa shape index (κ3) is 1.67. The van der Waals surface area contributed by atoms with E-state index >= 15 is 0 Å². The molecule has 2 bridgehead atoms. The van der Waals surface area contributed by atoms with E-state index in [2.05, 4.69) is 20.4 Å². The zero-order valence-corrected chi connectivity index (χ0v) is 14.2. The van der Waals surface area contributed by atoms with Crippen molar-refractivity contribution < 1.29 is 13.2 Å². The number of sulfonamides is 1. The molecule has 1 heterocycles. The van der Waals surface area contributed by atoms with Gasteiger partial charge in [-0.05, 0) is 36.5 Å². The molecule has 2 saturated carbocycles. The van der Waals surface area contributed by atoms with E-state index in [4.69, 9.17) is 0 Å². The fourth-order valence-corrected chi connectivity index (χ4v) is 7.49. The smallest absolute Gasteiger partial charge is 0.263 e. The van der Waals surface area contributed by atoms with Crippen LogP contribution in [0.4, 0.5) is 0 Å². The SMILES string of the molecule is C=C(C(=O)N1[C@@H]2C[C@H]3CC[C@]2(CS1(=O)=O)C3(C)C)C(C)C. The van der Waals surface area contributed by atoms with Gasteiger partial charge in [-0.25, -0.2) is 12.7 Å². The van der Waals surface area contributed by atoms with Crippen LogP contribution >= 0.6 is 0 Å². The second-order valence-corrected chi connectivity index (χ2v) is 9.75. The Morgan fingerprint density at radius 2 is 1.95 bits per heavy atom. The first-order valence-electron chi connectivity index (χ1n) is 7.80. The summed E-state index contributed by atoms with van der Waals surface area (Å²) in [5.74, 6) is 0.248. The molecule has 1 amide bonds. The molecule has 3 fully saturated rings. The van der Waals surface area contributed by atoms with Gasteiger partial charge in [-0.15, -0.1) is 0 Å². The van der Waals surface area contributed by atoms with Gasteiger partial charge in [0.25, 0.3) is 5.91 Å². The van der Waals surface area contributed by atoms with Gasteiger partial charge >= 0.3 is 0 Å². The lowest BCUT2D eigenvalue weighted by Crippen LogP contribution is -2.44. The highest BCUT2D eigenvalue weighted by Gasteiger charge is 2.72. The molecule has 4 nitrogen and oxygen atoms in total. The van der Waals surface area contributed by atoms with Gasteiger partial charge < -0.3 is 0 Å². The first-order chi connectivity index (χ1) is 9.54. The van der Waals surface area contributed by atoms with E-state index in [0.717, 1.165) is 19.3 Å². The normalized spacial score (nSPS) is 38.8. The van der Waals surface area contributed by atoms with Gasteiger partial charge in [0.05, 0.1) is 11.8 Å². The van der Waals surface area contributed by atoms with Gasteiger partial charge in [-0.2, -0.15) is 0 Å². The molecule has 5 heteroatoms. The van der Waals surface area contributed by atoms with Crippen molar-refractivity contribution >= 4 is 15.9 Å². The molecule has 3 rings (SSSR count). The largest absolute Gasteiger partial charge is 0.268 e. The predicted octanol–water partition coefficient (Wildman–Crippen LogP) is 2.57. The van der Waals surface area contributed by atoms with Gasteiger partial charge in [-0.3, -0.25) is 4.79 Å². The van der Waals surface area contributed by atoms with Gasteiger partial charge in [0.1, 0.15) is 0 Å². The molecule has 0 aromatic heterocycles. The highest BCUT2D eigenvalue weighted by atomic mass is 32.2. The fraction of sp³-hybridized carbons (Fsp3) is 0.812. The number of nitrogens with zero attached hydrogens (tertiary/aromatic N) is 1. The lowest BCUT2D eigenvalue weighted by atomic mass is 9.69. The number of carbonyl (C=O) groups is 1. The molecule has 3 aliphatic rings. The maximum absolute atomic E-state index is 12.7. The van der Waals surface area contributed by atoms with Gasteiger partial charge in [0.15, 0.2) is 0 Å². The van der Waals surface area contributed by atoms with E-state index in [1.807, 2.05) is 13.8 Å². The van der Waals surface area contributed by atoms with Crippen LogP contribution in [-0.4, -0.2) is 30.4 Å². The average molecular weight is 311 g/mol. The molecule has 0 unspecified atom stereocenters. The van der Waals surface area contributed by atoms with Crippen molar-refractivity contribution in [3.05, 3.63) is 12.2 Å². The quantitative estimate of drug-likeness (QED) is 0.737. The van der Waals surface area contributed by atoms with E-state index < -0.39 is 10.0 Å². The van der Waals surface area contributed by atoms with Crippen LogP contribution in [0.3, 0.4) is 0 Å². The van der Waals surface area contributed by atoms with Crippen LogP contribution in [-0.2, 0) is 14.8 Å². The lowest BCUT2D eigenvalue weighted by molar-refractivity contribution is -0.125. The zero-order chi connectivity index (χ0) is 15.8. The Hall–Kier alpha value is -0.840. The van der Waals surface area contributed by atoms with E-state index in [0.29, 0.717) is 11.5 Å². The summed E-state index contributed by atoms with van der Waals surface area (Å²) in [5.41, 5.74) is 0.152. The predicted molar refractivity (Wildman–Crippen MR) is 82.0 cm³/mol. The Labute approximate surface area is 127 Å². The Kier molecular flexibility index (Phi) is 2.96. The molecule has 21 heavy (non-hydrogen) atoms. The molecule has 0 radical (unpaired) electrons. The van der Waals surface area contributed by atoms with Crippen molar-refractivity contribution in [3.63, 3.8) is 0 Å². The number of amides is 1. The third-order valence-electron chi connectivity index (χ3n) is 6.58. The molecular formula is C16H25NO3S. The van der Waals surface area contributed by atoms with Crippen molar-refractivity contribution in [1.29, 1.82) is 0 Å². The Balaban J connectivity index is 2.05. The second-order valence-electron chi connectivity index (χ2n) is 7.90. The first-order valence-corrected chi connectivity index (χ1v) is 9.41. The number of carbonyl (C=O) groups excluding carboxylic acids is 1. The number of hydrogen-bond acceptors (Lipinski definition) is 3. The van der Waals surface area contributed by atoms with Crippen molar-refractivity contribution in [2.24, 2.45) is 22.7 Å². The summed E-state index contributed by atoms with van der Waals surface area (Å²) >= 11 is 0. The minimum absolute atomic E-state index is 0.00106. The molecule has 1 aliphatic heterocycles. The summed E-state index contributed by atoms with van der Waals surface area (Å²) in [5, 5.41) is 0. The zero-order valence-electron chi connectivity index (χ0n) is 13.3. The average Bonchev–Trinajstić information content (AvgIpc) is 2.83. The molecule has 0 N–H and O–H groups in total. The first kappa shape index (κ1) is 15.1. The van der Waals surface area contributed by atoms with E-state index in [-0.39, 0.29) is 34.4 Å². The summed E-state index contributed by atoms with van der Waals surface area (Å²) in [6, 6.07) is -0.153. The number of rotatable bonds is 2. The van der Waals surface area contributed by atoms with Crippen LogP contribution < -0.4 is 0 Å². The molecule has 1 saturated heterocycles. The van der Waals surface area contributed by atoms with E-state index in [9.17, 15) is 13.2 Å². The van der Waals surface area contributed by atoms with Crippen LogP contribution in [0.1, 0.15) is 47.0 Å². The molecule has 0 aromatic rings. The fourth-order valence-electron chi connectivity index (χ4n) is 4.94.